The Hall–Kier alpha value is -2.31. The fourth-order valence-corrected chi connectivity index (χ4v) is 2.68. The van der Waals surface area contributed by atoms with Gasteiger partial charge in [-0.15, -0.1) is 0 Å². The van der Waals surface area contributed by atoms with Crippen molar-refractivity contribution >= 4 is 11.6 Å². The van der Waals surface area contributed by atoms with E-state index < -0.39 is 11.7 Å². The standard InChI is InChI=1S/C16H15F3N2O2/c1-8-14(9(2)23-21-8)20-15(22)13-7-12(13)10-4-3-5-11(6-10)16(17,18)19/h3-6,12-13H,7H2,1-2H3,(H,20,22)/t12-,13-/m0/s1. The van der Waals surface area contributed by atoms with E-state index >= 15 is 0 Å². The lowest BCUT2D eigenvalue weighted by Gasteiger charge is -2.08. The SMILES string of the molecule is Cc1noc(C)c1NC(=O)[C@H]1C[C@H]1c1cccc(C(F)(F)F)c1. The minimum absolute atomic E-state index is 0.183. The van der Waals surface area contributed by atoms with E-state index in [1.54, 1.807) is 19.9 Å². The van der Waals surface area contributed by atoms with Crippen molar-refractivity contribution < 1.29 is 22.5 Å². The van der Waals surface area contributed by atoms with Crippen LogP contribution in [0.5, 0.6) is 0 Å². The summed E-state index contributed by atoms with van der Waals surface area (Å²) in [7, 11) is 0. The molecule has 2 atom stereocenters. The number of carbonyl (C=O) groups is 1. The molecule has 0 unspecified atom stereocenters. The molecule has 1 aliphatic carbocycles. The normalized spacial score (nSPS) is 20.4. The molecule has 0 radical (unpaired) electrons. The molecule has 1 fully saturated rings. The maximum Gasteiger partial charge on any atom is 0.416 e. The second-order valence-electron chi connectivity index (χ2n) is 5.76. The van der Waals surface area contributed by atoms with Crippen LogP contribution in [0.4, 0.5) is 18.9 Å². The Morgan fingerprint density at radius 2 is 2.09 bits per heavy atom. The van der Waals surface area contributed by atoms with E-state index in [1.165, 1.54) is 6.07 Å². The molecular formula is C16H15F3N2O2. The van der Waals surface area contributed by atoms with Crippen LogP contribution in [0.2, 0.25) is 0 Å². The first-order valence-corrected chi connectivity index (χ1v) is 7.18. The zero-order valence-corrected chi connectivity index (χ0v) is 12.6. The Morgan fingerprint density at radius 3 is 2.70 bits per heavy atom. The highest BCUT2D eigenvalue weighted by Crippen LogP contribution is 2.49. The molecule has 1 amide bonds. The number of benzene rings is 1. The largest absolute Gasteiger partial charge is 0.416 e. The highest BCUT2D eigenvalue weighted by molar-refractivity contribution is 5.96. The molecule has 1 aliphatic rings. The van der Waals surface area contributed by atoms with Gasteiger partial charge in [-0.05, 0) is 37.8 Å². The summed E-state index contributed by atoms with van der Waals surface area (Å²) in [6, 6.07) is 5.15. The smallest absolute Gasteiger partial charge is 0.359 e. The number of alkyl halides is 3. The van der Waals surface area contributed by atoms with Crippen LogP contribution in [-0.2, 0) is 11.0 Å². The number of aryl methyl sites for hydroxylation is 2. The van der Waals surface area contributed by atoms with E-state index in [1.807, 2.05) is 0 Å². The highest BCUT2D eigenvalue weighted by atomic mass is 19.4. The summed E-state index contributed by atoms with van der Waals surface area (Å²) in [5.74, 6) is -0.223. The Morgan fingerprint density at radius 1 is 1.35 bits per heavy atom. The molecule has 3 rings (SSSR count). The molecule has 7 heteroatoms. The molecule has 1 saturated carbocycles. The van der Waals surface area contributed by atoms with Crippen molar-refractivity contribution in [3.05, 3.63) is 46.8 Å². The second-order valence-corrected chi connectivity index (χ2v) is 5.76. The summed E-state index contributed by atoms with van der Waals surface area (Å²) in [6.07, 6.45) is -3.84. The second kappa shape index (κ2) is 5.40. The van der Waals surface area contributed by atoms with E-state index in [2.05, 4.69) is 10.5 Å². The van der Waals surface area contributed by atoms with Crippen molar-refractivity contribution in [3.63, 3.8) is 0 Å². The molecule has 1 N–H and O–H groups in total. The quantitative estimate of drug-likeness (QED) is 0.926. The van der Waals surface area contributed by atoms with Crippen LogP contribution >= 0.6 is 0 Å². The van der Waals surface area contributed by atoms with E-state index in [9.17, 15) is 18.0 Å². The summed E-state index contributed by atoms with van der Waals surface area (Å²) >= 11 is 0. The average molecular weight is 324 g/mol. The molecule has 23 heavy (non-hydrogen) atoms. The number of carbonyl (C=O) groups excluding carboxylic acids is 1. The third-order valence-electron chi connectivity index (χ3n) is 4.05. The van der Waals surface area contributed by atoms with E-state index in [0.717, 1.165) is 12.1 Å². The average Bonchev–Trinajstić information content (AvgIpc) is 3.24. The first-order chi connectivity index (χ1) is 10.8. The Balaban J connectivity index is 1.71. The predicted molar refractivity (Wildman–Crippen MR) is 76.9 cm³/mol. The number of halogens is 3. The van der Waals surface area contributed by atoms with Crippen molar-refractivity contribution in [2.75, 3.05) is 5.32 Å². The van der Waals surface area contributed by atoms with Gasteiger partial charge in [0.1, 0.15) is 11.4 Å². The first kappa shape index (κ1) is 15.6. The van der Waals surface area contributed by atoms with Crippen molar-refractivity contribution in [3.8, 4) is 0 Å². The van der Waals surface area contributed by atoms with Gasteiger partial charge in [-0.3, -0.25) is 4.79 Å². The van der Waals surface area contributed by atoms with Crippen molar-refractivity contribution in [1.29, 1.82) is 0 Å². The van der Waals surface area contributed by atoms with Gasteiger partial charge in [0.2, 0.25) is 5.91 Å². The van der Waals surface area contributed by atoms with Crippen LogP contribution < -0.4 is 5.32 Å². The number of hydrogen-bond donors (Lipinski definition) is 1. The fraction of sp³-hybridized carbons (Fsp3) is 0.375. The van der Waals surface area contributed by atoms with Crippen LogP contribution in [0.3, 0.4) is 0 Å². The maximum atomic E-state index is 12.8. The minimum Gasteiger partial charge on any atom is -0.359 e. The predicted octanol–water partition coefficient (Wildman–Crippen LogP) is 4.05. The molecule has 2 aromatic rings. The fourth-order valence-electron chi connectivity index (χ4n) is 2.68. The molecule has 1 aromatic heterocycles. The van der Waals surface area contributed by atoms with Gasteiger partial charge in [0.15, 0.2) is 5.76 Å². The lowest BCUT2D eigenvalue weighted by Crippen LogP contribution is -2.15. The molecule has 4 nitrogen and oxygen atoms in total. The maximum absolute atomic E-state index is 12.8. The van der Waals surface area contributed by atoms with Crippen molar-refractivity contribution in [2.45, 2.75) is 32.4 Å². The van der Waals surface area contributed by atoms with Gasteiger partial charge < -0.3 is 9.84 Å². The number of anilines is 1. The first-order valence-electron chi connectivity index (χ1n) is 7.18. The van der Waals surface area contributed by atoms with Crippen LogP contribution in [0, 0.1) is 19.8 Å². The van der Waals surface area contributed by atoms with Crippen molar-refractivity contribution in [2.24, 2.45) is 5.92 Å². The number of nitrogens with one attached hydrogen (secondary N) is 1. The molecule has 1 aromatic carbocycles. The minimum atomic E-state index is -4.38. The number of aromatic nitrogens is 1. The van der Waals surface area contributed by atoms with Gasteiger partial charge in [0, 0.05) is 5.92 Å². The Kier molecular flexibility index (Phi) is 3.66. The molecule has 0 saturated heterocycles. The molecule has 122 valence electrons. The summed E-state index contributed by atoms with van der Waals surface area (Å²) in [6.45, 7) is 3.40. The molecule has 0 bridgehead atoms. The number of rotatable bonds is 3. The van der Waals surface area contributed by atoms with E-state index in [-0.39, 0.29) is 17.7 Å². The summed E-state index contributed by atoms with van der Waals surface area (Å²) in [4.78, 5) is 12.2. The summed E-state index contributed by atoms with van der Waals surface area (Å²) in [5, 5.41) is 6.50. The number of hydrogen-bond acceptors (Lipinski definition) is 3. The summed E-state index contributed by atoms with van der Waals surface area (Å²) < 4.78 is 43.2. The van der Waals surface area contributed by atoms with Gasteiger partial charge in [-0.1, -0.05) is 23.4 Å². The van der Waals surface area contributed by atoms with Gasteiger partial charge in [-0.2, -0.15) is 13.2 Å². The lowest BCUT2D eigenvalue weighted by molar-refractivity contribution is -0.137. The van der Waals surface area contributed by atoms with Gasteiger partial charge in [0.05, 0.1) is 5.56 Å². The van der Waals surface area contributed by atoms with E-state index in [0.29, 0.717) is 29.1 Å². The molecular weight excluding hydrogens is 309 g/mol. The van der Waals surface area contributed by atoms with Crippen LogP contribution in [-0.4, -0.2) is 11.1 Å². The van der Waals surface area contributed by atoms with Crippen LogP contribution in [0.25, 0.3) is 0 Å². The zero-order chi connectivity index (χ0) is 16.8. The third kappa shape index (κ3) is 3.09. The Labute approximate surface area is 130 Å². The summed E-state index contributed by atoms with van der Waals surface area (Å²) in [5.41, 5.74) is 0.960. The molecule has 0 aliphatic heterocycles. The zero-order valence-electron chi connectivity index (χ0n) is 12.6. The van der Waals surface area contributed by atoms with Gasteiger partial charge in [-0.25, -0.2) is 0 Å². The number of amides is 1. The van der Waals surface area contributed by atoms with Crippen LogP contribution in [0.15, 0.2) is 28.8 Å². The van der Waals surface area contributed by atoms with Crippen molar-refractivity contribution in [1.82, 2.24) is 5.16 Å². The van der Waals surface area contributed by atoms with Crippen LogP contribution in [0.1, 0.15) is 34.9 Å². The van der Waals surface area contributed by atoms with E-state index in [4.69, 9.17) is 4.52 Å². The monoisotopic (exact) mass is 324 g/mol. The highest BCUT2D eigenvalue weighted by Gasteiger charge is 2.45. The van der Waals surface area contributed by atoms with Gasteiger partial charge in [0.25, 0.3) is 0 Å². The lowest BCUT2D eigenvalue weighted by atomic mass is 10.1. The number of nitrogens with zero attached hydrogens (tertiary/aromatic N) is 1. The van der Waals surface area contributed by atoms with Gasteiger partial charge >= 0.3 is 6.18 Å². The molecule has 0 spiro atoms. The third-order valence-corrected chi connectivity index (χ3v) is 4.05. The Bertz CT molecular complexity index is 733. The topological polar surface area (TPSA) is 55.1 Å². The molecule has 1 heterocycles.